The first-order valence-corrected chi connectivity index (χ1v) is 22.3. The van der Waals surface area contributed by atoms with Crippen molar-refractivity contribution in [3.8, 4) is 39.9 Å². The van der Waals surface area contributed by atoms with Gasteiger partial charge >= 0.3 is 0 Å². The molecule has 0 fully saturated rings. The fraction of sp³-hybridized carbons (Fsp3) is 0. The molecule has 0 spiro atoms. The molecule has 0 aliphatic carbocycles. The summed E-state index contributed by atoms with van der Waals surface area (Å²) in [5, 5.41) is 20.0. The van der Waals surface area contributed by atoms with Crippen LogP contribution in [0, 0.1) is 11.3 Å². The maximum Gasteiger partial charge on any atom is 0.0992 e. The largest absolute Gasteiger partial charge is 0.309 e. The van der Waals surface area contributed by atoms with E-state index in [1.54, 1.807) is 0 Å². The van der Waals surface area contributed by atoms with Gasteiger partial charge in [-0.25, -0.2) is 0 Å². The maximum absolute atomic E-state index is 10.5. The summed E-state index contributed by atoms with van der Waals surface area (Å²) in [6.07, 6.45) is 3.88. The first-order valence-electron chi connectivity index (χ1n) is 22.3. The third kappa shape index (κ3) is 4.97. The minimum Gasteiger partial charge on any atom is -0.309 e. The molecular formula is C60H36N6. The number of para-hydroxylation sites is 6. The summed E-state index contributed by atoms with van der Waals surface area (Å²) in [6.45, 7) is 0. The SMILES string of the molecule is N#Cc1ccc(-c2cnccc2-n2c3ccccc3c3c2ccc2c4ccccc4n(-c4ccccc4)c23)c(-n2c3ccccc3c3c2ccc2c4ccccc4n(-c4ccccc4)c23)c1. The number of nitriles is 1. The zero-order valence-electron chi connectivity index (χ0n) is 35.5. The lowest BCUT2D eigenvalue weighted by atomic mass is 10.0. The number of aromatic nitrogens is 5. The highest BCUT2D eigenvalue weighted by atomic mass is 15.0. The van der Waals surface area contributed by atoms with Crippen molar-refractivity contribution in [1.82, 2.24) is 23.3 Å². The standard InChI is InChI=1S/C60H36N6/c61-36-38-27-28-43(56(35-38)66-52-26-14-10-22-47(52)58-55(66)32-30-45-42-20-8-12-24-50(42)64(60(45)58)40-17-5-2-6-18-40)48-37-62-34-33-53(48)65-51-25-13-9-21-46(51)57-54(65)31-29-44-41-19-7-11-23-49(41)63(59(44)57)39-15-3-1-4-16-39/h1-35,37H. The summed E-state index contributed by atoms with van der Waals surface area (Å²) in [7, 11) is 0. The zero-order valence-corrected chi connectivity index (χ0v) is 35.5. The predicted octanol–water partition coefficient (Wildman–Crippen LogP) is 15.0. The molecule has 14 aromatic rings. The van der Waals surface area contributed by atoms with E-state index in [1.807, 2.05) is 24.5 Å². The van der Waals surface area contributed by atoms with Gasteiger partial charge in [-0.2, -0.15) is 5.26 Å². The average molecular weight is 841 g/mol. The maximum atomic E-state index is 10.5. The molecular weight excluding hydrogens is 805 g/mol. The molecule has 0 aliphatic heterocycles. The number of pyridine rings is 1. The van der Waals surface area contributed by atoms with E-state index in [1.165, 1.54) is 43.4 Å². The van der Waals surface area contributed by atoms with E-state index in [9.17, 15) is 5.26 Å². The van der Waals surface area contributed by atoms with E-state index in [0.29, 0.717) is 5.56 Å². The summed E-state index contributed by atoms with van der Waals surface area (Å²) >= 11 is 0. The minimum atomic E-state index is 0.581. The van der Waals surface area contributed by atoms with Gasteiger partial charge in [-0.15, -0.1) is 0 Å². The van der Waals surface area contributed by atoms with Crippen LogP contribution in [0.1, 0.15) is 5.56 Å². The highest BCUT2D eigenvalue weighted by Crippen LogP contribution is 2.46. The Hall–Kier alpha value is -9.18. The van der Waals surface area contributed by atoms with Crippen molar-refractivity contribution in [2.45, 2.75) is 0 Å². The molecule has 306 valence electrons. The first-order chi connectivity index (χ1) is 32.8. The fourth-order valence-corrected chi connectivity index (χ4v) is 11.0. The Morgan fingerprint density at radius 1 is 0.348 bits per heavy atom. The topological polar surface area (TPSA) is 56.4 Å². The van der Waals surface area contributed by atoms with Gasteiger partial charge in [-0.05, 0) is 78.9 Å². The Morgan fingerprint density at radius 2 is 0.803 bits per heavy atom. The highest BCUT2D eigenvalue weighted by Gasteiger charge is 2.25. The Morgan fingerprint density at radius 3 is 1.32 bits per heavy atom. The molecule has 0 N–H and O–H groups in total. The number of fused-ring (bicyclic) bond motifs is 14. The lowest BCUT2D eigenvalue weighted by molar-refractivity contribution is 1.14. The van der Waals surface area contributed by atoms with Crippen LogP contribution >= 0.6 is 0 Å². The van der Waals surface area contributed by atoms with Gasteiger partial charge in [0.25, 0.3) is 0 Å². The van der Waals surface area contributed by atoms with Gasteiger partial charge < -0.3 is 18.3 Å². The smallest absolute Gasteiger partial charge is 0.0992 e. The van der Waals surface area contributed by atoms with Gasteiger partial charge in [-0.3, -0.25) is 4.98 Å². The molecule has 6 heteroatoms. The molecule has 0 saturated carbocycles. The quantitative estimate of drug-likeness (QED) is 0.173. The van der Waals surface area contributed by atoms with E-state index in [4.69, 9.17) is 4.98 Å². The van der Waals surface area contributed by atoms with Crippen LogP contribution in [0.4, 0.5) is 0 Å². The number of benzene rings is 9. The lowest BCUT2D eigenvalue weighted by Crippen LogP contribution is -2.02. The second-order valence-corrected chi connectivity index (χ2v) is 17.0. The molecule has 0 saturated heterocycles. The Labute approximate surface area is 378 Å². The van der Waals surface area contributed by atoms with Crippen molar-refractivity contribution in [3.05, 3.63) is 224 Å². The third-order valence-corrected chi connectivity index (χ3v) is 13.7. The zero-order chi connectivity index (χ0) is 43.5. The molecule has 0 unspecified atom stereocenters. The van der Waals surface area contributed by atoms with Crippen LogP contribution in [0.25, 0.3) is 121 Å². The number of hydrogen-bond donors (Lipinski definition) is 0. The van der Waals surface area contributed by atoms with Crippen molar-refractivity contribution >= 4 is 87.2 Å². The molecule has 6 nitrogen and oxygen atoms in total. The number of nitrogens with zero attached hydrogens (tertiary/aromatic N) is 6. The van der Waals surface area contributed by atoms with Crippen molar-refractivity contribution in [2.24, 2.45) is 0 Å². The second-order valence-electron chi connectivity index (χ2n) is 17.0. The predicted molar refractivity (Wildman–Crippen MR) is 272 cm³/mol. The van der Waals surface area contributed by atoms with Crippen molar-refractivity contribution < 1.29 is 0 Å². The van der Waals surface area contributed by atoms with Crippen molar-refractivity contribution in [1.29, 1.82) is 5.26 Å². The summed E-state index contributed by atoms with van der Waals surface area (Å²) in [4.78, 5) is 4.83. The molecule has 0 aliphatic rings. The van der Waals surface area contributed by atoms with Gasteiger partial charge in [-0.1, -0.05) is 127 Å². The van der Waals surface area contributed by atoms with E-state index in [-0.39, 0.29) is 0 Å². The second kappa shape index (κ2) is 13.9. The number of hydrogen-bond acceptors (Lipinski definition) is 2. The van der Waals surface area contributed by atoms with Crippen molar-refractivity contribution in [2.75, 3.05) is 0 Å². The fourth-order valence-electron chi connectivity index (χ4n) is 11.0. The van der Waals surface area contributed by atoms with E-state index >= 15 is 0 Å². The summed E-state index contributed by atoms with van der Waals surface area (Å²) in [6, 6.07) is 75.9. The van der Waals surface area contributed by atoms with Crippen LogP contribution in [0.15, 0.2) is 219 Å². The summed E-state index contributed by atoms with van der Waals surface area (Å²) in [5.41, 5.74) is 15.6. The van der Waals surface area contributed by atoms with Gasteiger partial charge in [0.05, 0.1) is 67.1 Å². The van der Waals surface area contributed by atoms with Crippen LogP contribution in [-0.4, -0.2) is 23.3 Å². The van der Waals surface area contributed by atoms with Gasteiger partial charge in [0.1, 0.15) is 0 Å². The molecule has 9 aromatic carbocycles. The van der Waals surface area contributed by atoms with Gasteiger partial charge in [0.15, 0.2) is 0 Å². The normalized spacial score (nSPS) is 11.9. The van der Waals surface area contributed by atoms with Crippen LogP contribution < -0.4 is 0 Å². The van der Waals surface area contributed by atoms with Crippen molar-refractivity contribution in [3.63, 3.8) is 0 Å². The van der Waals surface area contributed by atoms with E-state index in [0.717, 1.165) is 77.7 Å². The van der Waals surface area contributed by atoms with E-state index in [2.05, 4.69) is 218 Å². The third-order valence-electron chi connectivity index (χ3n) is 13.7. The highest BCUT2D eigenvalue weighted by molar-refractivity contribution is 6.28. The molecule has 0 radical (unpaired) electrons. The van der Waals surface area contributed by atoms with Crippen LogP contribution in [-0.2, 0) is 0 Å². The Balaban J connectivity index is 1.08. The minimum absolute atomic E-state index is 0.581. The first kappa shape index (κ1) is 36.3. The van der Waals surface area contributed by atoms with E-state index < -0.39 is 0 Å². The molecule has 0 amide bonds. The molecule has 14 rings (SSSR count). The molecule has 66 heavy (non-hydrogen) atoms. The molecule has 0 atom stereocenters. The van der Waals surface area contributed by atoms with Crippen LogP contribution in [0.2, 0.25) is 0 Å². The van der Waals surface area contributed by atoms with Gasteiger partial charge in [0, 0.05) is 78.0 Å². The lowest BCUT2D eigenvalue weighted by Gasteiger charge is -2.18. The number of rotatable bonds is 5. The summed E-state index contributed by atoms with van der Waals surface area (Å²) in [5.74, 6) is 0. The van der Waals surface area contributed by atoms with Crippen LogP contribution in [0.3, 0.4) is 0 Å². The molecule has 0 bridgehead atoms. The Kier molecular flexibility index (Phi) is 7.65. The average Bonchev–Trinajstić information content (AvgIpc) is 4.11. The molecule has 5 heterocycles. The monoisotopic (exact) mass is 840 g/mol. The molecule has 5 aromatic heterocycles. The Bertz CT molecular complexity index is 4350. The van der Waals surface area contributed by atoms with Crippen LogP contribution in [0.5, 0.6) is 0 Å². The van der Waals surface area contributed by atoms with Gasteiger partial charge in [0.2, 0.25) is 0 Å². The summed E-state index contributed by atoms with van der Waals surface area (Å²) < 4.78 is 9.60.